The summed E-state index contributed by atoms with van der Waals surface area (Å²) in [6.07, 6.45) is 0.931. The van der Waals surface area contributed by atoms with Gasteiger partial charge >= 0.3 is 0 Å². The van der Waals surface area contributed by atoms with Gasteiger partial charge in [-0.25, -0.2) is 0 Å². The lowest BCUT2D eigenvalue weighted by Crippen LogP contribution is -2.16. The van der Waals surface area contributed by atoms with Gasteiger partial charge in [-0.3, -0.25) is 14.9 Å². The Morgan fingerprint density at radius 2 is 2.27 bits per heavy atom. The fourth-order valence-electron chi connectivity index (χ4n) is 1.54. The van der Waals surface area contributed by atoms with E-state index in [1.54, 1.807) is 0 Å². The van der Waals surface area contributed by atoms with Crippen LogP contribution < -0.4 is 0 Å². The second-order valence-electron chi connectivity index (χ2n) is 3.20. The van der Waals surface area contributed by atoms with Crippen LogP contribution in [0.3, 0.4) is 0 Å². The monoisotopic (exact) mass is 157 g/mol. The molecule has 1 saturated carbocycles. The van der Waals surface area contributed by atoms with Crippen molar-refractivity contribution >= 4 is 5.78 Å². The Morgan fingerprint density at radius 3 is 2.64 bits per heavy atom. The third-order valence-corrected chi connectivity index (χ3v) is 2.23. The highest BCUT2D eigenvalue weighted by molar-refractivity contribution is 5.81. The van der Waals surface area contributed by atoms with Crippen molar-refractivity contribution in [2.24, 2.45) is 11.8 Å². The fraction of sp³-hybridized carbons (Fsp3) is 0.857. The smallest absolute Gasteiger partial charge is 0.207 e. The Hall–Kier alpha value is -0.930. The summed E-state index contributed by atoms with van der Waals surface area (Å²) in [6.45, 7) is 1.85. The molecule has 0 amide bonds. The minimum atomic E-state index is -0.334. The van der Waals surface area contributed by atoms with Gasteiger partial charge in [-0.05, 0) is 5.92 Å². The van der Waals surface area contributed by atoms with Crippen LogP contribution in [0.4, 0.5) is 0 Å². The summed E-state index contributed by atoms with van der Waals surface area (Å²) >= 11 is 0. The fourth-order valence-corrected chi connectivity index (χ4v) is 1.54. The molecule has 0 saturated heterocycles. The van der Waals surface area contributed by atoms with E-state index in [0.29, 0.717) is 12.8 Å². The predicted octanol–water partition coefficient (Wildman–Crippen LogP) is 0.878. The maximum Gasteiger partial charge on any atom is 0.207 e. The van der Waals surface area contributed by atoms with Crippen LogP contribution in [0.15, 0.2) is 0 Å². The standard InChI is InChI=1S/C7H11NO3/c1-5-2-7(9)3-6(5)4-8(10)11/h5-6H,2-4H2,1H3. The number of hydrogen-bond donors (Lipinski definition) is 0. The molecule has 2 atom stereocenters. The van der Waals surface area contributed by atoms with E-state index >= 15 is 0 Å². The Balaban J connectivity index is 2.46. The summed E-state index contributed by atoms with van der Waals surface area (Å²) in [5.41, 5.74) is 0. The average molecular weight is 157 g/mol. The van der Waals surface area contributed by atoms with Gasteiger partial charge in [0.25, 0.3) is 0 Å². The maximum atomic E-state index is 10.8. The van der Waals surface area contributed by atoms with E-state index in [9.17, 15) is 14.9 Å². The van der Waals surface area contributed by atoms with E-state index in [0.717, 1.165) is 0 Å². The average Bonchev–Trinajstić information content (AvgIpc) is 2.09. The minimum Gasteiger partial charge on any atom is -0.300 e. The molecule has 0 aromatic heterocycles. The van der Waals surface area contributed by atoms with Crippen LogP contribution >= 0.6 is 0 Å². The number of nitro groups is 1. The Bertz CT molecular complexity index is 190. The summed E-state index contributed by atoms with van der Waals surface area (Å²) < 4.78 is 0. The van der Waals surface area contributed by atoms with Gasteiger partial charge in [0.05, 0.1) is 0 Å². The molecule has 4 nitrogen and oxygen atoms in total. The second kappa shape index (κ2) is 2.98. The third kappa shape index (κ3) is 2.00. The first-order valence-electron chi connectivity index (χ1n) is 3.73. The molecule has 0 spiro atoms. The first-order chi connectivity index (χ1) is 5.09. The van der Waals surface area contributed by atoms with Crippen LogP contribution in [0.1, 0.15) is 19.8 Å². The highest BCUT2D eigenvalue weighted by Crippen LogP contribution is 2.28. The molecule has 0 aromatic carbocycles. The van der Waals surface area contributed by atoms with Gasteiger partial charge < -0.3 is 0 Å². The van der Waals surface area contributed by atoms with Crippen LogP contribution in [0, 0.1) is 22.0 Å². The van der Waals surface area contributed by atoms with Crippen molar-refractivity contribution in [2.45, 2.75) is 19.8 Å². The lowest BCUT2D eigenvalue weighted by Gasteiger charge is -2.07. The van der Waals surface area contributed by atoms with Gasteiger partial charge in [-0.15, -0.1) is 0 Å². The maximum absolute atomic E-state index is 10.8. The molecule has 4 heteroatoms. The van der Waals surface area contributed by atoms with Crippen molar-refractivity contribution in [1.82, 2.24) is 0 Å². The van der Waals surface area contributed by atoms with Crippen LogP contribution in [-0.4, -0.2) is 17.3 Å². The zero-order chi connectivity index (χ0) is 8.43. The molecule has 1 fully saturated rings. The van der Waals surface area contributed by atoms with Crippen molar-refractivity contribution in [3.05, 3.63) is 10.1 Å². The van der Waals surface area contributed by atoms with Gasteiger partial charge in [0.15, 0.2) is 0 Å². The highest BCUT2D eigenvalue weighted by atomic mass is 16.6. The molecule has 0 radical (unpaired) electrons. The molecule has 62 valence electrons. The van der Waals surface area contributed by atoms with E-state index in [1.165, 1.54) is 0 Å². The zero-order valence-corrected chi connectivity index (χ0v) is 6.45. The lowest BCUT2D eigenvalue weighted by molar-refractivity contribution is -0.489. The van der Waals surface area contributed by atoms with E-state index in [-0.39, 0.29) is 29.1 Å². The molecule has 2 unspecified atom stereocenters. The summed E-state index contributed by atoms with van der Waals surface area (Å²) in [4.78, 5) is 20.6. The molecule has 1 rings (SSSR count). The summed E-state index contributed by atoms with van der Waals surface area (Å²) in [6, 6.07) is 0. The summed E-state index contributed by atoms with van der Waals surface area (Å²) in [5, 5.41) is 10.1. The van der Waals surface area contributed by atoms with E-state index in [1.807, 2.05) is 6.92 Å². The number of rotatable bonds is 2. The van der Waals surface area contributed by atoms with Gasteiger partial charge in [0.2, 0.25) is 6.54 Å². The molecule has 1 aliphatic carbocycles. The summed E-state index contributed by atoms with van der Waals surface area (Å²) in [5.74, 6) is 0.356. The van der Waals surface area contributed by atoms with Gasteiger partial charge in [-0.2, -0.15) is 0 Å². The SMILES string of the molecule is CC1CC(=O)CC1C[N+](=O)[O-]. The third-order valence-electron chi connectivity index (χ3n) is 2.23. The van der Waals surface area contributed by atoms with Crippen molar-refractivity contribution in [3.8, 4) is 0 Å². The molecule has 1 aliphatic rings. The molecule has 0 N–H and O–H groups in total. The molecular weight excluding hydrogens is 146 g/mol. The number of carbonyl (C=O) groups excluding carboxylic acids is 1. The van der Waals surface area contributed by atoms with Crippen molar-refractivity contribution in [1.29, 1.82) is 0 Å². The van der Waals surface area contributed by atoms with Crippen LogP contribution in [-0.2, 0) is 4.79 Å². The molecule has 0 aromatic rings. The van der Waals surface area contributed by atoms with Crippen molar-refractivity contribution in [2.75, 3.05) is 6.54 Å². The van der Waals surface area contributed by atoms with Crippen molar-refractivity contribution < 1.29 is 9.72 Å². The largest absolute Gasteiger partial charge is 0.300 e. The minimum absolute atomic E-state index is 0.0162. The van der Waals surface area contributed by atoms with E-state index < -0.39 is 0 Å². The molecule has 0 bridgehead atoms. The van der Waals surface area contributed by atoms with Gasteiger partial charge in [0, 0.05) is 23.7 Å². The molecular formula is C7H11NO3. The molecule has 0 heterocycles. The first kappa shape index (κ1) is 8.17. The summed E-state index contributed by atoms with van der Waals surface area (Å²) in [7, 11) is 0. The number of ketones is 1. The topological polar surface area (TPSA) is 60.2 Å². The second-order valence-corrected chi connectivity index (χ2v) is 3.20. The lowest BCUT2D eigenvalue weighted by atomic mass is 9.99. The Morgan fingerprint density at radius 1 is 1.64 bits per heavy atom. The zero-order valence-electron chi connectivity index (χ0n) is 6.45. The number of Topliss-reactive ketones (excluding diaryl/α,β-unsaturated/α-hetero) is 1. The van der Waals surface area contributed by atoms with E-state index in [2.05, 4.69) is 0 Å². The number of hydrogen-bond acceptors (Lipinski definition) is 3. The number of carbonyl (C=O) groups is 1. The Labute approximate surface area is 64.7 Å². The Kier molecular flexibility index (Phi) is 2.22. The first-order valence-corrected chi connectivity index (χ1v) is 3.73. The van der Waals surface area contributed by atoms with Crippen molar-refractivity contribution in [3.63, 3.8) is 0 Å². The molecule has 11 heavy (non-hydrogen) atoms. The van der Waals surface area contributed by atoms with Crippen LogP contribution in [0.5, 0.6) is 0 Å². The van der Waals surface area contributed by atoms with Crippen LogP contribution in [0.2, 0.25) is 0 Å². The quantitative estimate of drug-likeness (QED) is 0.441. The normalized spacial score (nSPS) is 30.8. The number of nitrogens with zero attached hydrogens (tertiary/aromatic N) is 1. The highest BCUT2D eigenvalue weighted by Gasteiger charge is 2.32. The van der Waals surface area contributed by atoms with Gasteiger partial charge in [-0.1, -0.05) is 6.92 Å². The van der Waals surface area contributed by atoms with E-state index in [4.69, 9.17) is 0 Å². The van der Waals surface area contributed by atoms with Crippen LogP contribution in [0.25, 0.3) is 0 Å². The molecule has 0 aliphatic heterocycles. The van der Waals surface area contributed by atoms with Gasteiger partial charge in [0.1, 0.15) is 5.78 Å². The predicted molar refractivity (Wildman–Crippen MR) is 38.8 cm³/mol.